The van der Waals surface area contributed by atoms with Crippen molar-refractivity contribution in [2.45, 2.75) is 50.1 Å². The summed E-state index contributed by atoms with van der Waals surface area (Å²) in [6.45, 7) is 0. The molecule has 0 aromatic carbocycles. The minimum Gasteiger partial charge on any atom is -1.00 e. The Kier molecular flexibility index (Phi) is 19.9. The van der Waals surface area contributed by atoms with E-state index in [1.165, 1.54) is 0 Å². The van der Waals surface area contributed by atoms with Crippen LogP contribution < -0.4 is 64.4 Å². The predicted molar refractivity (Wildman–Crippen MR) is 72.0 cm³/mol. The number of hydrogen-bond donors (Lipinski definition) is 5. The van der Waals surface area contributed by atoms with Crippen LogP contribution in [-0.2, 0) is 9.13 Å². The zero-order chi connectivity index (χ0) is 13.1. The number of nitrogens with one attached hydrogen (secondary N) is 1. The van der Waals surface area contributed by atoms with E-state index in [1.54, 1.807) is 0 Å². The van der Waals surface area contributed by atoms with Gasteiger partial charge in [0.1, 0.15) is 0 Å². The molecule has 0 atom stereocenters. The van der Waals surface area contributed by atoms with Gasteiger partial charge in [-0.25, -0.2) is 0 Å². The van der Waals surface area contributed by atoms with Gasteiger partial charge >= 0.3 is 74.3 Å². The molecule has 0 radical (unpaired) electrons. The Morgan fingerprint density at radius 1 is 0.857 bits per heavy atom. The van der Waals surface area contributed by atoms with Gasteiger partial charge in [0, 0.05) is 6.04 Å². The van der Waals surface area contributed by atoms with E-state index in [9.17, 15) is 9.13 Å². The standard InChI is InChI=1S/C8H19NO6P2.2Na.2H2O.2H/c10-16(11,12)8(17(13,14)15)9-7-5-3-1-2-4-6-7;;;;;;/h7-9H,1-6H2,(H2,10,11,12)(H2,13,14,15);;;2*1H2;;/q;2*+1;;;2*-1. The zero-order valence-corrected chi connectivity index (χ0v) is 18.2. The number of rotatable bonds is 4. The largest absolute Gasteiger partial charge is 1.00 e. The summed E-state index contributed by atoms with van der Waals surface area (Å²) >= 11 is 0. The molecule has 0 amide bonds. The molecule has 122 valence electrons. The summed E-state index contributed by atoms with van der Waals surface area (Å²) in [5, 5.41) is 2.45. The monoisotopic (exact) mass is 371 g/mol. The van der Waals surface area contributed by atoms with E-state index in [0.717, 1.165) is 25.7 Å². The van der Waals surface area contributed by atoms with Gasteiger partial charge in [0.05, 0.1) is 0 Å². The van der Waals surface area contributed by atoms with Crippen molar-refractivity contribution >= 4 is 15.2 Å². The third-order valence-corrected chi connectivity index (χ3v) is 6.25. The first kappa shape index (κ1) is 31.0. The fraction of sp³-hybridized carbons (Fsp3) is 1.00. The Bertz CT molecular complexity index is 329. The Morgan fingerprint density at radius 3 is 1.48 bits per heavy atom. The molecule has 9 nitrogen and oxygen atoms in total. The van der Waals surface area contributed by atoms with Crippen LogP contribution in [0.2, 0.25) is 0 Å². The number of hydrogen-bond acceptors (Lipinski definition) is 3. The van der Waals surface area contributed by atoms with Gasteiger partial charge in [-0.05, 0) is 12.8 Å². The van der Waals surface area contributed by atoms with Crippen molar-refractivity contribution in [3.05, 3.63) is 0 Å². The van der Waals surface area contributed by atoms with Crippen molar-refractivity contribution < 1.29 is 102 Å². The summed E-state index contributed by atoms with van der Waals surface area (Å²) in [6.07, 6.45) is 5.30. The van der Waals surface area contributed by atoms with Crippen LogP contribution >= 0.6 is 15.2 Å². The maximum Gasteiger partial charge on any atom is 1.00 e. The predicted octanol–water partition coefficient (Wildman–Crippen LogP) is -6.48. The Morgan fingerprint density at radius 2 is 1.19 bits per heavy atom. The maximum atomic E-state index is 11.1. The molecule has 0 saturated heterocycles. The molecule has 0 aliphatic heterocycles. The summed E-state index contributed by atoms with van der Waals surface area (Å²) in [5.41, 5.74) is -2.07. The third-order valence-electron chi connectivity index (χ3n) is 2.88. The molecular formula is C8H25NNa2O8P2. The van der Waals surface area contributed by atoms with Gasteiger partial charge < -0.3 is 33.4 Å². The fourth-order valence-electron chi connectivity index (χ4n) is 2.05. The molecule has 21 heavy (non-hydrogen) atoms. The first-order chi connectivity index (χ1) is 7.71. The van der Waals surface area contributed by atoms with Gasteiger partial charge in [0.25, 0.3) is 0 Å². The molecule has 1 aliphatic rings. The quantitative estimate of drug-likeness (QED) is 0.184. The van der Waals surface area contributed by atoms with Gasteiger partial charge in [0.15, 0.2) is 0 Å². The van der Waals surface area contributed by atoms with E-state index in [4.69, 9.17) is 19.6 Å². The Labute approximate surface area is 171 Å². The van der Waals surface area contributed by atoms with Crippen LogP contribution in [0.4, 0.5) is 0 Å². The maximum absolute atomic E-state index is 11.1. The average Bonchev–Trinajstić information content (AvgIpc) is 2.38. The summed E-state index contributed by atoms with van der Waals surface area (Å²) < 4.78 is 22.2. The molecule has 9 N–H and O–H groups in total. The molecule has 0 aromatic rings. The minimum atomic E-state index is -4.85. The van der Waals surface area contributed by atoms with E-state index in [0.29, 0.717) is 12.8 Å². The molecular weight excluding hydrogens is 346 g/mol. The van der Waals surface area contributed by atoms with Crippen LogP contribution in [0.1, 0.15) is 41.4 Å². The van der Waals surface area contributed by atoms with E-state index in [-0.39, 0.29) is 79.0 Å². The van der Waals surface area contributed by atoms with E-state index in [2.05, 4.69) is 5.32 Å². The normalized spacial score (nSPS) is 16.6. The van der Waals surface area contributed by atoms with Crippen molar-refractivity contribution in [3.63, 3.8) is 0 Å². The molecule has 0 heterocycles. The van der Waals surface area contributed by atoms with Crippen LogP contribution in [0.15, 0.2) is 0 Å². The first-order valence-electron chi connectivity index (χ1n) is 5.58. The molecule has 0 aromatic heterocycles. The molecule has 1 fully saturated rings. The van der Waals surface area contributed by atoms with Crippen LogP contribution in [0.5, 0.6) is 0 Å². The van der Waals surface area contributed by atoms with Gasteiger partial charge in [-0.15, -0.1) is 0 Å². The second-order valence-corrected chi connectivity index (χ2v) is 8.20. The van der Waals surface area contributed by atoms with E-state index >= 15 is 0 Å². The van der Waals surface area contributed by atoms with E-state index in [1.807, 2.05) is 0 Å². The smallest absolute Gasteiger partial charge is 1.00 e. The van der Waals surface area contributed by atoms with Gasteiger partial charge in [-0.1, -0.05) is 25.7 Å². The minimum absolute atomic E-state index is 0. The molecule has 0 spiro atoms. The summed E-state index contributed by atoms with van der Waals surface area (Å²) in [5.74, 6) is 0. The van der Waals surface area contributed by atoms with Crippen LogP contribution in [0, 0.1) is 0 Å². The van der Waals surface area contributed by atoms with Crippen molar-refractivity contribution in [3.8, 4) is 0 Å². The molecule has 1 aliphatic carbocycles. The van der Waals surface area contributed by atoms with Crippen LogP contribution in [0.3, 0.4) is 0 Å². The van der Waals surface area contributed by atoms with Crippen LogP contribution in [0.25, 0.3) is 0 Å². The molecule has 0 bridgehead atoms. The average molecular weight is 371 g/mol. The zero-order valence-electron chi connectivity index (χ0n) is 14.4. The van der Waals surface area contributed by atoms with Crippen molar-refractivity contribution in [2.75, 3.05) is 0 Å². The fourth-order valence-corrected chi connectivity index (χ4v) is 4.42. The van der Waals surface area contributed by atoms with Gasteiger partial charge in [-0.2, -0.15) is 0 Å². The van der Waals surface area contributed by atoms with Crippen molar-refractivity contribution in [1.29, 1.82) is 0 Å². The van der Waals surface area contributed by atoms with Gasteiger partial charge in [0.2, 0.25) is 5.52 Å². The first-order valence-corrected chi connectivity index (χ1v) is 8.94. The van der Waals surface area contributed by atoms with Gasteiger partial charge in [-0.3, -0.25) is 14.4 Å². The summed E-state index contributed by atoms with van der Waals surface area (Å²) in [4.78, 5) is 35.9. The summed E-state index contributed by atoms with van der Waals surface area (Å²) in [6, 6.07) is -0.234. The Balaban J connectivity index is -0.000000120. The Hall–Kier alpha value is 2.18. The second-order valence-electron chi connectivity index (χ2n) is 4.41. The molecule has 1 rings (SSSR count). The van der Waals surface area contributed by atoms with Crippen molar-refractivity contribution in [2.24, 2.45) is 0 Å². The summed E-state index contributed by atoms with van der Waals surface area (Å²) in [7, 11) is -9.70. The van der Waals surface area contributed by atoms with Crippen LogP contribution in [-0.4, -0.2) is 42.1 Å². The van der Waals surface area contributed by atoms with Crippen molar-refractivity contribution in [1.82, 2.24) is 5.32 Å². The SMILES string of the molecule is O.O.O=P(O)(O)C(NC1CCCCCC1)P(=O)(O)O.[H-].[H-].[Na+].[Na+]. The van der Waals surface area contributed by atoms with E-state index < -0.39 is 20.7 Å². The topological polar surface area (TPSA) is 190 Å². The molecule has 13 heteroatoms. The second kappa shape index (κ2) is 13.5. The molecule has 0 unspecified atom stereocenters. The third kappa shape index (κ3) is 12.2. The molecule has 1 saturated carbocycles.